The Hall–Kier alpha value is -2.71. The van der Waals surface area contributed by atoms with Crippen molar-refractivity contribution in [3.63, 3.8) is 0 Å². The second-order valence-corrected chi connectivity index (χ2v) is 7.12. The lowest BCUT2D eigenvalue weighted by Crippen LogP contribution is -2.36. The van der Waals surface area contributed by atoms with E-state index in [0.29, 0.717) is 24.4 Å². The number of benzene rings is 1. The van der Waals surface area contributed by atoms with Crippen molar-refractivity contribution in [3.8, 4) is 5.75 Å². The Balaban J connectivity index is 1.73. The number of amides is 1. The minimum absolute atomic E-state index is 0.123. The smallest absolute Gasteiger partial charge is 0.410 e. The fraction of sp³-hybridized carbons (Fsp3) is 0.474. The average Bonchev–Trinajstić information content (AvgIpc) is 3.36. The largest absolute Gasteiger partial charge is 0.497 e. The molecule has 1 saturated heterocycles. The number of hydrogen-bond acceptors (Lipinski definition) is 4. The molecule has 0 bridgehead atoms. The van der Waals surface area contributed by atoms with Gasteiger partial charge in [-0.15, -0.1) is 0 Å². The normalized spacial score (nSPS) is 21.9. The number of anilines is 1. The lowest BCUT2D eigenvalue weighted by Gasteiger charge is -2.34. The van der Waals surface area contributed by atoms with Crippen molar-refractivity contribution in [2.75, 3.05) is 25.5 Å². The van der Waals surface area contributed by atoms with E-state index in [1.807, 2.05) is 0 Å². The number of carbonyl (C=O) groups excluding carboxylic acids is 1. The molecule has 2 aliphatic rings. The van der Waals surface area contributed by atoms with E-state index in [9.17, 15) is 18.0 Å². The number of alkyl halides is 3. The molecule has 0 unspecified atom stereocenters. The Labute approximate surface area is 160 Å². The molecule has 1 aromatic heterocycles. The van der Waals surface area contributed by atoms with Gasteiger partial charge in [-0.25, -0.2) is 4.68 Å². The van der Waals surface area contributed by atoms with E-state index >= 15 is 0 Å². The van der Waals surface area contributed by atoms with Crippen LogP contribution in [0.2, 0.25) is 0 Å². The van der Waals surface area contributed by atoms with E-state index in [0.717, 1.165) is 17.5 Å². The highest BCUT2D eigenvalue weighted by atomic mass is 19.4. The third-order valence-electron chi connectivity index (χ3n) is 5.36. The summed E-state index contributed by atoms with van der Waals surface area (Å²) in [6.07, 6.45) is -1.65. The van der Waals surface area contributed by atoms with E-state index in [4.69, 9.17) is 4.74 Å². The van der Waals surface area contributed by atoms with E-state index in [-0.39, 0.29) is 23.7 Å². The SMILES string of the molecule is COc1cccc([C@@H]2C[C@@H](C(F)(F)F)n3ncc(C(=O)N4CCCC4)c3N2)c1. The molecule has 2 atom stereocenters. The number of nitrogens with one attached hydrogen (secondary N) is 1. The first-order valence-electron chi connectivity index (χ1n) is 9.22. The average molecular weight is 394 g/mol. The number of hydrogen-bond donors (Lipinski definition) is 1. The number of methoxy groups -OCH3 is 1. The summed E-state index contributed by atoms with van der Waals surface area (Å²) < 4.78 is 47.4. The van der Waals surface area contributed by atoms with Crippen molar-refractivity contribution in [1.82, 2.24) is 14.7 Å². The van der Waals surface area contributed by atoms with E-state index in [1.165, 1.54) is 13.3 Å². The summed E-state index contributed by atoms with van der Waals surface area (Å²) in [5, 5.41) is 7.04. The molecule has 1 fully saturated rings. The van der Waals surface area contributed by atoms with Gasteiger partial charge in [-0.1, -0.05) is 12.1 Å². The van der Waals surface area contributed by atoms with Gasteiger partial charge in [0, 0.05) is 19.5 Å². The topological polar surface area (TPSA) is 59.4 Å². The van der Waals surface area contributed by atoms with Gasteiger partial charge in [-0.2, -0.15) is 18.3 Å². The number of halogens is 3. The second kappa shape index (κ2) is 7.03. The fourth-order valence-electron chi connectivity index (χ4n) is 3.89. The molecule has 1 amide bonds. The third-order valence-corrected chi connectivity index (χ3v) is 5.36. The van der Waals surface area contributed by atoms with Crippen LogP contribution in [0.4, 0.5) is 19.0 Å². The Morgan fingerprint density at radius 2 is 2.04 bits per heavy atom. The van der Waals surface area contributed by atoms with Crippen LogP contribution in [0.1, 0.15) is 47.3 Å². The predicted molar refractivity (Wildman–Crippen MR) is 96.4 cm³/mol. The summed E-state index contributed by atoms with van der Waals surface area (Å²) in [5.74, 6) is 0.409. The number of rotatable bonds is 3. The van der Waals surface area contributed by atoms with Gasteiger partial charge < -0.3 is 15.0 Å². The molecule has 4 rings (SSSR count). The molecule has 28 heavy (non-hydrogen) atoms. The summed E-state index contributed by atoms with van der Waals surface area (Å²) in [7, 11) is 1.51. The molecule has 3 heterocycles. The molecule has 150 valence electrons. The zero-order valence-corrected chi connectivity index (χ0v) is 15.4. The molecule has 0 saturated carbocycles. The summed E-state index contributed by atoms with van der Waals surface area (Å²) in [4.78, 5) is 14.5. The maximum atomic E-state index is 13.8. The molecule has 0 radical (unpaired) electrons. The van der Waals surface area contributed by atoms with Gasteiger partial charge in [-0.05, 0) is 30.5 Å². The Morgan fingerprint density at radius 1 is 1.29 bits per heavy atom. The summed E-state index contributed by atoms with van der Waals surface area (Å²) >= 11 is 0. The number of fused-ring (bicyclic) bond motifs is 1. The maximum Gasteiger partial charge on any atom is 0.410 e. The van der Waals surface area contributed by atoms with Crippen LogP contribution in [-0.4, -0.2) is 47.0 Å². The lowest BCUT2D eigenvalue weighted by molar-refractivity contribution is -0.173. The van der Waals surface area contributed by atoms with Crippen molar-refractivity contribution >= 4 is 11.7 Å². The van der Waals surface area contributed by atoms with Crippen molar-refractivity contribution in [2.24, 2.45) is 0 Å². The maximum absolute atomic E-state index is 13.8. The van der Waals surface area contributed by atoms with E-state index in [1.54, 1.807) is 29.2 Å². The first kappa shape index (κ1) is 18.6. The standard InChI is InChI=1S/C19H21F3N4O2/c1-28-13-6-4-5-12(9-13)15-10-16(19(20,21)22)26-17(24-15)14(11-23-26)18(27)25-7-2-3-8-25/h4-6,9,11,15-16,24H,2-3,7-8,10H2,1H3/t15-,16-/m0/s1. The number of nitrogens with zero attached hydrogens (tertiary/aromatic N) is 3. The van der Waals surface area contributed by atoms with Crippen molar-refractivity contribution in [2.45, 2.75) is 37.5 Å². The third kappa shape index (κ3) is 3.29. The number of aromatic nitrogens is 2. The Bertz CT molecular complexity index is 874. The Kier molecular flexibility index (Phi) is 4.68. The second-order valence-electron chi connectivity index (χ2n) is 7.12. The van der Waals surface area contributed by atoms with Crippen LogP contribution in [0.3, 0.4) is 0 Å². The van der Waals surface area contributed by atoms with Gasteiger partial charge in [0.15, 0.2) is 6.04 Å². The van der Waals surface area contributed by atoms with E-state index in [2.05, 4.69) is 10.4 Å². The molecule has 6 nitrogen and oxygen atoms in total. The van der Waals surface area contributed by atoms with Crippen molar-refractivity contribution in [1.29, 1.82) is 0 Å². The van der Waals surface area contributed by atoms with Gasteiger partial charge in [-0.3, -0.25) is 4.79 Å². The summed E-state index contributed by atoms with van der Waals surface area (Å²) in [5.41, 5.74) is 0.851. The zero-order valence-electron chi connectivity index (χ0n) is 15.4. The zero-order chi connectivity index (χ0) is 19.9. The highest BCUT2D eigenvalue weighted by Gasteiger charge is 2.47. The molecule has 9 heteroatoms. The molecular formula is C19H21F3N4O2. The van der Waals surface area contributed by atoms with Crippen LogP contribution >= 0.6 is 0 Å². The predicted octanol–water partition coefficient (Wildman–Crippen LogP) is 3.79. The highest BCUT2D eigenvalue weighted by molar-refractivity contribution is 5.99. The molecule has 1 aromatic carbocycles. The molecule has 2 aromatic rings. The molecule has 2 aliphatic heterocycles. The molecule has 1 N–H and O–H groups in total. The van der Waals surface area contributed by atoms with E-state index < -0.39 is 18.3 Å². The molecular weight excluding hydrogens is 373 g/mol. The van der Waals surface area contributed by atoms with Crippen LogP contribution in [0.15, 0.2) is 30.5 Å². The quantitative estimate of drug-likeness (QED) is 0.861. The minimum Gasteiger partial charge on any atom is -0.497 e. The van der Waals surface area contributed by atoms with Gasteiger partial charge in [0.25, 0.3) is 5.91 Å². The molecule has 0 aliphatic carbocycles. The lowest BCUT2D eigenvalue weighted by atomic mass is 9.96. The van der Waals surface area contributed by atoms with Crippen LogP contribution in [-0.2, 0) is 0 Å². The minimum atomic E-state index is -4.48. The van der Waals surface area contributed by atoms with Crippen LogP contribution in [0.5, 0.6) is 5.75 Å². The number of ether oxygens (including phenoxy) is 1. The van der Waals surface area contributed by atoms with Crippen LogP contribution < -0.4 is 10.1 Å². The van der Waals surface area contributed by atoms with Crippen molar-refractivity contribution < 1.29 is 22.7 Å². The number of likely N-dealkylation sites (tertiary alicyclic amines) is 1. The summed E-state index contributed by atoms with van der Waals surface area (Å²) in [6, 6.07) is 4.51. The van der Waals surface area contributed by atoms with Gasteiger partial charge in [0.2, 0.25) is 0 Å². The van der Waals surface area contributed by atoms with Crippen LogP contribution in [0.25, 0.3) is 0 Å². The molecule has 0 spiro atoms. The van der Waals surface area contributed by atoms with Gasteiger partial charge in [0.1, 0.15) is 17.1 Å². The van der Waals surface area contributed by atoms with Gasteiger partial charge in [0.05, 0.1) is 19.3 Å². The van der Waals surface area contributed by atoms with Gasteiger partial charge >= 0.3 is 6.18 Å². The monoisotopic (exact) mass is 394 g/mol. The fourth-order valence-corrected chi connectivity index (χ4v) is 3.89. The number of carbonyl (C=O) groups is 1. The summed E-state index contributed by atoms with van der Waals surface area (Å²) in [6.45, 7) is 1.23. The first-order valence-corrected chi connectivity index (χ1v) is 9.22. The van der Waals surface area contributed by atoms with Crippen LogP contribution in [0, 0.1) is 0 Å². The van der Waals surface area contributed by atoms with Crippen molar-refractivity contribution in [3.05, 3.63) is 41.6 Å². The highest BCUT2D eigenvalue weighted by Crippen LogP contribution is 2.44. The first-order chi connectivity index (χ1) is 13.4. The Morgan fingerprint density at radius 3 is 2.71 bits per heavy atom.